The lowest BCUT2D eigenvalue weighted by Gasteiger charge is -2.28. The van der Waals surface area contributed by atoms with Gasteiger partial charge in [-0.3, -0.25) is 4.79 Å². The van der Waals surface area contributed by atoms with Crippen molar-refractivity contribution in [1.29, 1.82) is 0 Å². The molecule has 2 aromatic rings. The van der Waals surface area contributed by atoms with Crippen molar-refractivity contribution in [2.45, 2.75) is 19.9 Å². The van der Waals surface area contributed by atoms with Crippen LogP contribution < -0.4 is 35.0 Å². The van der Waals surface area contributed by atoms with E-state index in [0.717, 1.165) is 0 Å². The summed E-state index contributed by atoms with van der Waals surface area (Å²) in [6.07, 6.45) is 1.45. The number of hydrogen-bond acceptors (Lipinski definition) is 9. The summed E-state index contributed by atoms with van der Waals surface area (Å²) < 4.78 is 27.4. The number of allylic oxidation sites excluding steroid dienone is 1. The molecule has 0 saturated carbocycles. The lowest BCUT2D eigenvalue weighted by atomic mass is 9.95. The predicted molar refractivity (Wildman–Crippen MR) is 145 cm³/mol. The molecule has 1 aliphatic heterocycles. The average molecular weight is 605 g/mol. The first-order chi connectivity index (χ1) is 18.7. The normalized spacial score (nSPS) is 14.8. The van der Waals surface area contributed by atoms with Gasteiger partial charge in [-0.15, -0.1) is 0 Å². The van der Waals surface area contributed by atoms with Gasteiger partial charge in [0.25, 0.3) is 5.91 Å². The maximum absolute atomic E-state index is 12.6. The van der Waals surface area contributed by atoms with Crippen LogP contribution in [-0.4, -0.2) is 58.7 Å². The Morgan fingerprint density at radius 2 is 1.72 bits per heavy atom. The first-order valence-electron chi connectivity index (χ1n) is 11.7. The zero-order valence-corrected chi connectivity index (χ0v) is 23.6. The van der Waals surface area contributed by atoms with Crippen LogP contribution in [0.4, 0.5) is 4.79 Å². The van der Waals surface area contributed by atoms with Crippen LogP contribution in [0, 0.1) is 0 Å². The minimum Gasteiger partial charge on any atom is -0.493 e. The molecule has 39 heavy (non-hydrogen) atoms. The van der Waals surface area contributed by atoms with E-state index in [4.69, 9.17) is 23.7 Å². The lowest BCUT2D eigenvalue weighted by molar-refractivity contribution is -0.139. The maximum atomic E-state index is 12.6. The molecule has 3 rings (SSSR count). The Labute approximate surface area is 233 Å². The third kappa shape index (κ3) is 7.19. The smallest absolute Gasteiger partial charge is 0.338 e. The van der Waals surface area contributed by atoms with Crippen molar-refractivity contribution in [2.75, 3.05) is 34.5 Å². The highest BCUT2D eigenvalue weighted by Gasteiger charge is 2.32. The molecule has 1 atom stereocenters. The van der Waals surface area contributed by atoms with Gasteiger partial charge in [0.2, 0.25) is 0 Å². The Morgan fingerprint density at radius 3 is 2.38 bits per heavy atom. The fourth-order valence-electron chi connectivity index (χ4n) is 3.72. The second kappa shape index (κ2) is 13.5. The topological polar surface area (TPSA) is 146 Å². The van der Waals surface area contributed by atoms with E-state index in [-0.39, 0.29) is 24.5 Å². The SMILES string of the molecule is CCOC(=O)C1=C(C)NC(=O)N[C@@H]1c1ccc(OCC(=O)N/N=C\c2cc(OC)c(OC)cc2Br)c(OC)c1. The molecule has 208 valence electrons. The summed E-state index contributed by atoms with van der Waals surface area (Å²) in [6, 6.07) is 7.06. The van der Waals surface area contributed by atoms with Crippen LogP contribution in [0.2, 0.25) is 0 Å². The number of esters is 1. The van der Waals surface area contributed by atoms with Crippen LogP contribution in [0.5, 0.6) is 23.0 Å². The summed E-state index contributed by atoms with van der Waals surface area (Å²) in [4.78, 5) is 37.0. The number of hydrogen-bond donors (Lipinski definition) is 3. The number of halogens is 1. The first-order valence-corrected chi connectivity index (χ1v) is 12.5. The first kappa shape index (κ1) is 29.3. The van der Waals surface area contributed by atoms with Crippen molar-refractivity contribution in [3.8, 4) is 23.0 Å². The molecule has 1 aliphatic rings. The fourth-order valence-corrected chi connectivity index (χ4v) is 4.15. The van der Waals surface area contributed by atoms with Crippen molar-refractivity contribution in [3.05, 3.63) is 57.2 Å². The van der Waals surface area contributed by atoms with E-state index in [2.05, 4.69) is 37.1 Å². The van der Waals surface area contributed by atoms with E-state index >= 15 is 0 Å². The molecule has 3 amide bonds. The number of hydrazone groups is 1. The van der Waals surface area contributed by atoms with Gasteiger partial charge in [-0.2, -0.15) is 5.10 Å². The summed E-state index contributed by atoms with van der Waals surface area (Å²) in [6.45, 7) is 3.16. The van der Waals surface area contributed by atoms with Crippen molar-refractivity contribution in [2.24, 2.45) is 5.10 Å². The minimum atomic E-state index is -0.769. The Morgan fingerprint density at radius 1 is 1.05 bits per heavy atom. The van der Waals surface area contributed by atoms with Gasteiger partial charge in [-0.05, 0) is 59.6 Å². The third-order valence-electron chi connectivity index (χ3n) is 5.54. The van der Waals surface area contributed by atoms with Crippen LogP contribution in [0.1, 0.15) is 31.0 Å². The average Bonchev–Trinajstić information content (AvgIpc) is 2.92. The van der Waals surface area contributed by atoms with Crippen LogP contribution in [-0.2, 0) is 14.3 Å². The minimum absolute atomic E-state index is 0.185. The zero-order valence-electron chi connectivity index (χ0n) is 22.0. The molecule has 0 spiro atoms. The highest BCUT2D eigenvalue weighted by atomic mass is 79.9. The van der Waals surface area contributed by atoms with E-state index in [0.29, 0.717) is 38.5 Å². The number of rotatable bonds is 11. The molecule has 2 aromatic carbocycles. The molecule has 0 bridgehead atoms. The van der Waals surface area contributed by atoms with Gasteiger partial charge in [0, 0.05) is 15.7 Å². The van der Waals surface area contributed by atoms with Crippen molar-refractivity contribution in [1.82, 2.24) is 16.1 Å². The Bertz CT molecular complexity index is 1310. The summed E-state index contributed by atoms with van der Waals surface area (Å²) in [5, 5.41) is 9.27. The predicted octanol–water partition coefficient (Wildman–Crippen LogP) is 3.20. The second-order valence-electron chi connectivity index (χ2n) is 8.01. The number of ether oxygens (including phenoxy) is 5. The molecule has 0 fully saturated rings. The monoisotopic (exact) mass is 604 g/mol. The molecule has 0 aromatic heterocycles. The van der Waals surface area contributed by atoms with Crippen molar-refractivity contribution >= 4 is 40.1 Å². The van der Waals surface area contributed by atoms with E-state index < -0.39 is 23.9 Å². The standard InChI is InChI=1S/C26H29BrN4O8/c1-6-38-25(33)23-14(2)29-26(34)30-24(23)15-7-8-18(19(9-15)35-3)39-13-22(32)31-28-12-16-10-20(36-4)21(37-5)11-17(16)27/h7-12,24H,6,13H2,1-5H3,(H,31,32)(H2,29,30,34)/b28-12-/t24-/m1/s1. The van der Waals surface area contributed by atoms with Crippen LogP contribution in [0.15, 0.2) is 51.2 Å². The Hall–Kier alpha value is -4.26. The molecule has 0 unspecified atom stereocenters. The number of urea groups is 1. The number of amides is 3. The molecular formula is C26H29BrN4O8. The lowest BCUT2D eigenvalue weighted by Crippen LogP contribution is -2.45. The molecule has 0 radical (unpaired) electrons. The Balaban J connectivity index is 1.69. The number of methoxy groups -OCH3 is 3. The molecule has 3 N–H and O–H groups in total. The fraction of sp³-hybridized carbons (Fsp3) is 0.308. The van der Waals surface area contributed by atoms with Gasteiger partial charge >= 0.3 is 12.0 Å². The van der Waals surface area contributed by atoms with Gasteiger partial charge in [0.05, 0.1) is 45.8 Å². The van der Waals surface area contributed by atoms with Gasteiger partial charge in [-0.1, -0.05) is 6.07 Å². The van der Waals surface area contributed by atoms with Crippen molar-refractivity contribution in [3.63, 3.8) is 0 Å². The molecule has 1 heterocycles. The van der Waals surface area contributed by atoms with Gasteiger partial charge in [0.1, 0.15) is 0 Å². The number of carbonyl (C=O) groups is 3. The molecule has 0 aliphatic carbocycles. The van der Waals surface area contributed by atoms with Gasteiger partial charge in [-0.25, -0.2) is 15.0 Å². The third-order valence-corrected chi connectivity index (χ3v) is 6.23. The molecule has 13 heteroatoms. The number of carbonyl (C=O) groups excluding carboxylic acids is 3. The highest BCUT2D eigenvalue weighted by molar-refractivity contribution is 9.10. The van der Waals surface area contributed by atoms with Crippen LogP contribution in [0.3, 0.4) is 0 Å². The number of benzene rings is 2. The largest absolute Gasteiger partial charge is 0.493 e. The van der Waals surface area contributed by atoms with E-state index in [1.54, 1.807) is 44.2 Å². The van der Waals surface area contributed by atoms with Crippen LogP contribution >= 0.6 is 15.9 Å². The summed E-state index contributed by atoms with van der Waals surface area (Å²) in [5.74, 6) is 0.571. The van der Waals surface area contributed by atoms with E-state index in [1.807, 2.05) is 0 Å². The van der Waals surface area contributed by atoms with E-state index in [9.17, 15) is 14.4 Å². The van der Waals surface area contributed by atoms with Gasteiger partial charge < -0.3 is 34.3 Å². The summed E-state index contributed by atoms with van der Waals surface area (Å²) in [5.41, 5.74) is 4.27. The number of nitrogens with one attached hydrogen (secondary N) is 3. The molecule has 0 saturated heterocycles. The zero-order chi connectivity index (χ0) is 28.5. The summed E-state index contributed by atoms with van der Waals surface area (Å²) in [7, 11) is 4.49. The quantitative estimate of drug-likeness (QED) is 0.201. The summed E-state index contributed by atoms with van der Waals surface area (Å²) >= 11 is 3.42. The highest BCUT2D eigenvalue weighted by Crippen LogP contribution is 2.35. The van der Waals surface area contributed by atoms with Crippen molar-refractivity contribution < 1.29 is 38.1 Å². The Kier molecular flexibility index (Phi) is 10.1. The van der Waals surface area contributed by atoms with Crippen LogP contribution in [0.25, 0.3) is 0 Å². The van der Waals surface area contributed by atoms with Gasteiger partial charge in [0.15, 0.2) is 29.6 Å². The second-order valence-corrected chi connectivity index (χ2v) is 8.87. The maximum Gasteiger partial charge on any atom is 0.338 e. The van der Waals surface area contributed by atoms with E-state index in [1.165, 1.54) is 27.5 Å². The number of nitrogens with zero attached hydrogens (tertiary/aromatic N) is 1. The molecular weight excluding hydrogens is 576 g/mol. The molecule has 12 nitrogen and oxygen atoms in total.